The predicted octanol–water partition coefficient (Wildman–Crippen LogP) is 5.52. The maximum Gasteiger partial charge on any atom is 0.161 e. The maximum absolute atomic E-state index is 6.18. The fourth-order valence-corrected chi connectivity index (χ4v) is 2.87. The van der Waals surface area contributed by atoms with E-state index in [-0.39, 0.29) is 12.4 Å². The van der Waals surface area contributed by atoms with Crippen molar-refractivity contribution in [1.29, 1.82) is 0 Å². The number of rotatable bonds is 11. The Labute approximate surface area is 177 Å². The van der Waals surface area contributed by atoms with Crippen molar-refractivity contribution in [3.63, 3.8) is 0 Å². The van der Waals surface area contributed by atoms with Crippen molar-refractivity contribution in [2.45, 2.75) is 26.5 Å². The Morgan fingerprint density at radius 1 is 1.04 bits per heavy atom. The lowest BCUT2D eigenvalue weighted by molar-refractivity contribution is 0.144. The van der Waals surface area contributed by atoms with Crippen LogP contribution in [0.2, 0.25) is 10.0 Å². The Bertz CT molecular complexity index is 698. The van der Waals surface area contributed by atoms with E-state index in [1.54, 1.807) is 19.2 Å². The zero-order valence-corrected chi connectivity index (χ0v) is 17.9. The predicted molar refractivity (Wildman–Crippen MR) is 114 cm³/mol. The molecule has 7 heteroatoms. The van der Waals surface area contributed by atoms with Crippen LogP contribution in [0, 0.1) is 0 Å². The van der Waals surface area contributed by atoms with Gasteiger partial charge < -0.3 is 19.5 Å². The molecule has 27 heavy (non-hydrogen) atoms. The highest BCUT2D eigenvalue weighted by molar-refractivity contribution is 6.35. The molecule has 0 aliphatic heterocycles. The summed E-state index contributed by atoms with van der Waals surface area (Å²) in [5.74, 6) is 1.38. The molecule has 0 bridgehead atoms. The summed E-state index contributed by atoms with van der Waals surface area (Å²) in [5, 5.41) is 4.59. The first-order chi connectivity index (χ1) is 12.6. The molecule has 0 spiro atoms. The fraction of sp³-hybridized carbons (Fsp3) is 0.400. The molecule has 0 aromatic heterocycles. The van der Waals surface area contributed by atoms with Crippen molar-refractivity contribution in [3.05, 3.63) is 57.6 Å². The largest absolute Gasteiger partial charge is 0.493 e. The number of halogens is 3. The lowest BCUT2D eigenvalue weighted by Gasteiger charge is -2.13. The lowest BCUT2D eigenvalue weighted by Crippen LogP contribution is -2.16. The quantitative estimate of drug-likeness (QED) is 0.473. The highest BCUT2D eigenvalue weighted by Gasteiger charge is 2.08. The molecule has 0 amide bonds. The number of methoxy groups -OCH3 is 1. The molecule has 0 aliphatic rings. The third-order valence-corrected chi connectivity index (χ3v) is 4.39. The van der Waals surface area contributed by atoms with Crippen LogP contribution in [-0.4, -0.2) is 26.9 Å². The Morgan fingerprint density at radius 2 is 1.85 bits per heavy atom. The van der Waals surface area contributed by atoms with Crippen LogP contribution in [0.4, 0.5) is 0 Å². The van der Waals surface area contributed by atoms with Crippen molar-refractivity contribution in [1.82, 2.24) is 5.32 Å². The third kappa shape index (κ3) is 8.16. The number of nitrogens with one attached hydrogen (secondary N) is 1. The summed E-state index contributed by atoms with van der Waals surface area (Å²) in [6, 6.07) is 11.3. The van der Waals surface area contributed by atoms with E-state index < -0.39 is 0 Å². The first kappa shape index (κ1) is 23.9. The topological polar surface area (TPSA) is 39.7 Å². The van der Waals surface area contributed by atoms with Gasteiger partial charge >= 0.3 is 0 Å². The van der Waals surface area contributed by atoms with Gasteiger partial charge in [-0.15, -0.1) is 12.4 Å². The Morgan fingerprint density at radius 3 is 2.56 bits per heavy atom. The Balaban J connectivity index is 0.00000364. The van der Waals surface area contributed by atoms with Gasteiger partial charge in [-0.2, -0.15) is 0 Å². The van der Waals surface area contributed by atoms with Gasteiger partial charge in [0, 0.05) is 35.4 Å². The first-order valence-electron chi connectivity index (χ1n) is 8.66. The maximum atomic E-state index is 6.18. The minimum atomic E-state index is 0. The first-order valence-corrected chi connectivity index (χ1v) is 9.41. The second-order valence-corrected chi connectivity index (χ2v) is 6.58. The smallest absolute Gasteiger partial charge is 0.161 e. The number of hydrogen-bond donors (Lipinski definition) is 1. The molecule has 2 rings (SSSR count). The molecular formula is C20H26Cl3NO3. The molecular weight excluding hydrogens is 409 g/mol. The van der Waals surface area contributed by atoms with Gasteiger partial charge in [-0.25, -0.2) is 0 Å². The van der Waals surface area contributed by atoms with Crippen molar-refractivity contribution in [3.8, 4) is 11.5 Å². The molecule has 1 N–H and O–H groups in total. The number of benzene rings is 2. The van der Waals surface area contributed by atoms with E-state index in [2.05, 4.69) is 5.32 Å². The summed E-state index contributed by atoms with van der Waals surface area (Å²) in [4.78, 5) is 0. The molecule has 4 nitrogen and oxygen atoms in total. The summed E-state index contributed by atoms with van der Waals surface area (Å²) < 4.78 is 16.6. The Kier molecular flexibility index (Phi) is 11.6. The normalized spacial score (nSPS) is 10.4. The summed E-state index contributed by atoms with van der Waals surface area (Å²) in [6.07, 6.45) is 0.994. The highest BCUT2D eigenvalue weighted by Crippen LogP contribution is 2.30. The average Bonchev–Trinajstić information content (AvgIpc) is 2.64. The Hall–Kier alpha value is -1.17. The second-order valence-electron chi connectivity index (χ2n) is 5.74. The van der Waals surface area contributed by atoms with Crippen LogP contribution in [-0.2, 0) is 17.9 Å². The van der Waals surface area contributed by atoms with Crippen molar-refractivity contribution in [2.75, 3.05) is 26.9 Å². The zero-order valence-electron chi connectivity index (χ0n) is 15.6. The van der Waals surface area contributed by atoms with Crippen molar-refractivity contribution < 1.29 is 14.2 Å². The molecule has 0 unspecified atom stereocenters. The molecule has 0 aliphatic carbocycles. The van der Waals surface area contributed by atoms with Gasteiger partial charge in [-0.3, -0.25) is 0 Å². The van der Waals surface area contributed by atoms with Gasteiger partial charge in [0.05, 0.1) is 7.11 Å². The van der Waals surface area contributed by atoms with Gasteiger partial charge in [0.25, 0.3) is 0 Å². The van der Waals surface area contributed by atoms with Crippen LogP contribution in [0.5, 0.6) is 11.5 Å². The fourth-order valence-electron chi connectivity index (χ4n) is 2.41. The third-order valence-electron chi connectivity index (χ3n) is 3.80. The lowest BCUT2D eigenvalue weighted by atomic mass is 10.2. The van der Waals surface area contributed by atoms with Crippen LogP contribution in [0.25, 0.3) is 0 Å². The number of ether oxygens (including phenoxy) is 3. The summed E-state index contributed by atoms with van der Waals surface area (Å²) in [6.45, 7) is 5.58. The second kappa shape index (κ2) is 13.1. The molecule has 150 valence electrons. The average molecular weight is 435 g/mol. The van der Waals surface area contributed by atoms with Gasteiger partial charge in [0.15, 0.2) is 11.5 Å². The van der Waals surface area contributed by atoms with Gasteiger partial charge in [-0.1, -0.05) is 35.3 Å². The molecule has 0 radical (unpaired) electrons. The van der Waals surface area contributed by atoms with Crippen LogP contribution in [0.15, 0.2) is 36.4 Å². The molecule has 0 saturated carbocycles. The van der Waals surface area contributed by atoms with Crippen molar-refractivity contribution in [2.24, 2.45) is 0 Å². The number of hydrogen-bond acceptors (Lipinski definition) is 4. The van der Waals surface area contributed by atoms with Gasteiger partial charge in [-0.05, 0) is 49.7 Å². The van der Waals surface area contributed by atoms with Crippen molar-refractivity contribution >= 4 is 35.6 Å². The van der Waals surface area contributed by atoms with E-state index in [0.29, 0.717) is 28.2 Å². The van der Waals surface area contributed by atoms with E-state index in [4.69, 9.17) is 37.4 Å². The zero-order chi connectivity index (χ0) is 18.8. The van der Waals surface area contributed by atoms with E-state index in [1.807, 2.05) is 31.2 Å². The van der Waals surface area contributed by atoms with E-state index in [0.717, 1.165) is 43.9 Å². The minimum absolute atomic E-state index is 0. The van der Waals surface area contributed by atoms with Crippen LogP contribution >= 0.6 is 35.6 Å². The van der Waals surface area contributed by atoms with E-state index in [9.17, 15) is 0 Å². The van der Waals surface area contributed by atoms with Crippen LogP contribution < -0.4 is 14.8 Å². The molecule has 2 aromatic rings. The SMILES string of the molecule is CCOCCCNCc1ccc(OCc2ccc(Cl)cc2Cl)c(OC)c1.Cl. The summed E-state index contributed by atoms with van der Waals surface area (Å²) >= 11 is 12.1. The summed E-state index contributed by atoms with van der Waals surface area (Å²) in [7, 11) is 1.64. The standard InChI is InChI=1S/C20H25Cl2NO3.ClH/c1-3-25-10-4-9-23-13-15-5-8-19(20(11-15)24-2)26-14-16-6-7-17(21)12-18(16)22;/h5-8,11-12,23H,3-4,9-10,13-14H2,1-2H3;1H. The molecule has 2 aromatic carbocycles. The van der Waals surface area contributed by atoms with Crippen LogP contribution in [0.1, 0.15) is 24.5 Å². The monoisotopic (exact) mass is 433 g/mol. The van der Waals surface area contributed by atoms with Crippen LogP contribution in [0.3, 0.4) is 0 Å². The molecule has 0 heterocycles. The molecule has 0 atom stereocenters. The highest BCUT2D eigenvalue weighted by atomic mass is 35.5. The van der Waals surface area contributed by atoms with E-state index >= 15 is 0 Å². The van der Waals surface area contributed by atoms with Gasteiger partial charge in [0.1, 0.15) is 6.61 Å². The van der Waals surface area contributed by atoms with E-state index in [1.165, 1.54) is 0 Å². The molecule has 0 saturated heterocycles. The van der Waals surface area contributed by atoms with Gasteiger partial charge in [0.2, 0.25) is 0 Å². The molecule has 0 fully saturated rings. The minimum Gasteiger partial charge on any atom is -0.493 e. The summed E-state index contributed by atoms with van der Waals surface area (Å²) in [5.41, 5.74) is 2.01.